The van der Waals surface area contributed by atoms with Crippen LogP contribution in [0.2, 0.25) is 0 Å². The summed E-state index contributed by atoms with van der Waals surface area (Å²) in [6.45, 7) is 8.62. The molecule has 0 aliphatic carbocycles. The molecule has 0 radical (unpaired) electrons. The van der Waals surface area contributed by atoms with E-state index in [1.807, 2.05) is 25.1 Å². The maximum absolute atomic E-state index is 9.17. The molecule has 4 heteroatoms. The lowest BCUT2D eigenvalue weighted by Crippen LogP contribution is -2.22. The van der Waals surface area contributed by atoms with Crippen LogP contribution < -0.4 is 9.47 Å². The first-order chi connectivity index (χ1) is 9.43. The van der Waals surface area contributed by atoms with Crippen LogP contribution in [0, 0.1) is 0 Å². The molecule has 1 aromatic carbocycles. The molecule has 1 rings (SSSR count). The summed E-state index contributed by atoms with van der Waals surface area (Å²) in [5.74, 6) is 1.90. The molecule has 0 aromatic heterocycles. The molecule has 1 N–H and O–H groups in total. The molecule has 0 heterocycles. The van der Waals surface area contributed by atoms with Crippen molar-refractivity contribution in [3.05, 3.63) is 23.8 Å². The van der Waals surface area contributed by atoms with E-state index in [1.54, 1.807) is 14.0 Å². The molecule has 0 fully saturated rings. The first-order valence-corrected chi connectivity index (χ1v) is 7.04. The Labute approximate surface area is 121 Å². The van der Waals surface area contributed by atoms with Gasteiger partial charge >= 0.3 is 0 Å². The first-order valence-electron chi connectivity index (χ1n) is 7.04. The van der Waals surface area contributed by atoms with E-state index < -0.39 is 6.10 Å². The van der Waals surface area contributed by atoms with Gasteiger partial charge in [0.1, 0.15) is 6.61 Å². The molecular weight excluding hydrogens is 256 g/mol. The zero-order valence-corrected chi connectivity index (χ0v) is 13.1. The molecule has 0 amide bonds. The second-order valence-electron chi connectivity index (χ2n) is 5.37. The zero-order valence-electron chi connectivity index (χ0n) is 13.1. The zero-order chi connectivity index (χ0) is 15.1. The number of methoxy groups -OCH3 is 1. The maximum Gasteiger partial charge on any atom is 0.161 e. The Kier molecular flexibility index (Phi) is 6.82. The number of hydrogen-bond acceptors (Lipinski definition) is 4. The highest BCUT2D eigenvalue weighted by atomic mass is 16.5. The Morgan fingerprint density at radius 1 is 1.05 bits per heavy atom. The summed E-state index contributed by atoms with van der Waals surface area (Å²) < 4.78 is 16.5. The molecule has 4 nitrogen and oxygen atoms in total. The van der Waals surface area contributed by atoms with Crippen LogP contribution >= 0.6 is 0 Å². The summed E-state index contributed by atoms with van der Waals surface area (Å²) in [4.78, 5) is 0. The average Bonchev–Trinajstić information content (AvgIpc) is 2.42. The standard InChI is InChI=1S/C16H26O4/c1-11(2)14-6-7-15(16(8-14)18-5)20-10-13(4)19-9-12(3)17/h6-8,11-13,17H,9-10H2,1-5H3. The van der Waals surface area contributed by atoms with E-state index in [0.29, 0.717) is 24.9 Å². The summed E-state index contributed by atoms with van der Waals surface area (Å²) in [5.41, 5.74) is 1.22. The van der Waals surface area contributed by atoms with Gasteiger partial charge in [0.05, 0.1) is 25.9 Å². The van der Waals surface area contributed by atoms with Crippen LogP contribution in [0.1, 0.15) is 39.2 Å². The Balaban J connectivity index is 2.59. The third kappa shape index (κ3) is 5.39. The highest BCUT2D eigenvalue weighted by molar-refractivity contribution is 5.43. The van der Waals surface area contributed by atoms with E-state index in [2.05, 4.69) is 13.8 Å². The van der Waals surface area contributed by atoms with Gasteiger partial charge < -0.3 is 19.3 Å². The van der Waals surface area contributed by atoms with E-state index in [9.17, 15) is 0 Å². The summed E-state index contributed by atoms with van der Waals surface area (Å²) in [6, 6.07) is 5.97. The van der Waals surface area contributed by atoms with Crippen molar-refractivity contribution < 1.29 is 19.3 Å². The van der Waals surface area contributed by atoms with Gasteiger partial charge in [-0.1, -0.05) is 19.9 Å². The Hall–Kier alpha value is -1.26. The van der Waals surface area contributed by atoms with Crippen molar-refractivity contribution >= 4 is 0 Å². The normalized spacial score (nSPS) is 14.2. The van der Waals surface area contributed by atoms with Crippen molar-refractivity contribution in [1.29, 1.82) is 0 Å². The highest BCUT2D eigenvalue weighted by Crippen LogP contribution is 2.30. The van der Waals surface area contributed by atoms with Gasteiger partial charge in [0.25, 0.3) is 0 Å². The van der Waals surface area contributed by atoms with Gasteiger partial charge in [-0.15, -0.1) is 0 Å². The van der Waals surface area contributed by atoms with Crippen LogP contribution in [0.3, 0.4) is 0 Å². The summed E-state index contributed by atoms with van der Waals surface area (Å²) in [6.07, 6.45) is -0.545. The molecule has 0 bridgehead atoms. The number of aliphatic hydroxyl groups excluding tert-OH is 1. The van der Waals surface area contributed by atoms with Crippen LogP contribution in [0.5, 0.6) is 11.5 Å². The van der Waals surface area contributed by atoms with Crippen molar-refractivity contribution in [3.8, 4) is 11.5 Å². The topological polar surface area (TPSA) is 47.9 Å². The number of benzene rings is 1. The molecule has 2 unspecified atom stereocenters. The van der Waals surface area contributed by atoms with Crippen molar-refractivity contribution in [2.75, 3.05) is 20.3 Å². The van der Waals surface area contributed by atoms with Crippen LogP contribution in [0.4, 0.5) is 0 Å². The van der Waals surface area contributed by atoms with Crippen LogP contribution in [0.15, 0.2) is 18.2 Å². The lowest BCUT2D eigenvalue weighted by Gasteiger charge is -2.17. The summed E-state index contributed by atoms with van der Waals surface area (Å²) in [7, 11) is 1.64. The van der Waals surface area contributed by atoms with Gasteiger partial charge in [0.2, 0.25) is 0 Å². The summed E-state index contributed by atoms with van der Waals surface area (Å²) >= 11 is 0. The Morgan fingerprint density at radius 2 is 1.75 bits per heavy atom. The second-order valence-corrected chi connectivity index (χ2v) is 5.37. The van der Waals surface area contributed by atoms with Gasteiger partial charge in [-0.3, -0.25) is 0 Å². The Bertz CT molecular complexity index is 401. The van der Waals surface area contributed by atoms with E-state index >= 15 is 0 Å². The van der Waals surface area contributed by atoms with Gasteiger partial charge in [-0.05, 0) is 37.5 Å². The van der Waals surface area contributed by atoms with Crippen molar-refractivity contribution in [2.24, 2.45) is 0 Å². The fourth-order valence-corrected chi connectivity index (χ4v) is 1.72. The SMILES string of the molecule is COc1cc(C(C)C)ccc1OCC(C)OCC(C)O. The van der Waals surface area contributed by atoms with E-state index in [-0.39, 0.29) is 6.10 Å². The van der Waals surface area contributed by atoms with Crippen LogP contribution in [0.25, 0.3) is 0 Å². The van der Waals surface area contributed by atoms with Crippen LogP contribution in [-0.4, -0.2) is 37.6 Å². The van der Waals surface area contributed by atoms with E-state index in [0.717, 1.165) is 5.75 Å². The molecule has 0 saturated carbocycles. The maximum atomic E-state index is 9.17. The molecule has 0 spiro atoms. The number of aliphatic hydroxyl groups is 1. The fraction of sp³-hybridized carbons (Fsp3) is 0.625. The molecule has 0 saturated heterocycles. The molecule has 114 valence electrons. The predicted molar refractivity (Wildman–Crippen MR) is 79.7 cm³/mol. The van der Waals surface area contributed by atoms with Gasteiger partial charge in [0.15, 0.2) is 11.5 Å². The van der Waals surface area contributed by atoms with E-state index in [1.165, 1.54) is 5.56 Å². The lowest BCUT2D eigenvalue weighted by atomic mass is 10.0. The molecule has 20 heavy (non-hydrogen) atoms. The van der Waals surface area contributed by atoms with Crippen molar-refractivity contribution in [3.63, 3.8) is 0 Å². The fourth-order valence-electron chi connectivity index (χ4n) is 1.72. The lowest BCUT2D eigenvalue weighted by molar-refractivity contribution is -0.0135. The quantitative estimate of drug-likeness (QED) is 0.796. The molecule has 2 atom stereocenters. The number of ether oxygens (including phenoxy) is 3. The average molecular weight is 282 g/mol. The minimum atomic E-state index is -0.461. The van der Waals surface area contributed by atoms with Crippen LogP contribution in [-0.2, 0) is 4.74 Å². The van der Waals surface area contributed by atoms with Gasteiger partial charge in [-0.2, -0.15) is 0 Å². The molecule has 0 aliphatic rings. The third-order valence-electron chi connectivity index (χ3n) is 2.95. The van der Waals surface area contributed by atoms with Crippen molar-refractivity contribution in [1.82, 2.24) is 0 Å². The van der Waals surface area contributed by atoms with Crippen molar-refractivity contribution in [2.45, 2.75) is 45.8 Å². The minimum absolute atomic E-state index is 0.0842. The van der Waals surface area contributed by atoms with Gasteiger partial charge in [-0.25, -0.2) is 0 Å². The predicted octanol–water partition coefficient (Wildman–Crippen LogP) is 2.98. The summed E-state index contributed by atoms with van der Waals surface area (Å²) in [5, 5.41) is 9.17. The third-order valence-corrected chi connectivity index (χ3v) is 2.95. The molecule has 1 aromatic rings. The number of hydrogen-bond donors (Lipinski definition) is 1. The Morgan fingerprint density at radius 3 is 2.30 bits per heavy atom. The smallest absolute Gasteiger partial charge is 0.161 e. The van der Waals surface area contributed by atoms with Gasteiger partial charge in [0, 0.05) is 0 Å². The second kappa shape index (κ2) is 8.12. The highest BCUT2D eigenvalue weighted by Gasteiger charge is 2.10. The molecular formula is C16H26O4. The molecule has 0 aliphatic heterocycles. The van der Waals surface area contributed by atoms with E-state index in [4.69, 9.17) is 19.3 Å². The first kappa shape index (κ1) is 16.8. The minimum Gasteiger partial charge on any atom is -0.493 e. The largest absolute Gasteiger partial charge is 0.493 e. The monoisotopic (exact) mass is 282 g/mol. The number of rotatable bonds is 8.